The Morgan fingerprint density at radius 1 is 0.667 bits per heavy atom. The van der Waals surface area contributed by atoms with Gasteiger partial charge in [0.1, 0.15) is 11.8 Å². The van der Waals surface area contributed by atoms with Gasteiger partial charge in [0, 0.05) is 17.5 Å². The van der Waals surface area contributed by atoms with E-state index in [2.05, 4.69) is 0 Å². The monoisotopic (exact) mass is 475 g/mol. The predicted molar refractivity (Wildman–Crippen MR) is 143 cm³/mol. The predicted octanol–water partition coefficient (Wildman–Crippen LogP) is 6.59. The SMILES string of the molecule is CC(=O)CC[C@H](N=C(c1ccccc1)c1ccccc1)C(=O)OC(c1ccccc1)c1ccccc1. The first kappa shape index (κ1) is 24.8. The van der Waals surface area contributed by atoms with Crippen molar-refractivity contribution in [2.45, 2.75) is 31.9 Å². The van der Waals surface area contributed by atoms with Gasteiger partial charge in [-0.3, -0.25) is 4.99 Å². The van der Waals surface area contributed by atoms with Crippen LogP contribution < -0.4 is 0 Å². The Morgan fingerprint density at radius 3 is 1.50 bits per heavy atom. The highest BCUT2D eigenvalue weighted by Gasteiger charge is 2.26. The number of carbonyl (C=O) groups is 2. The average Bonchev–Trinajstić information content (AvgIpc) is 2.93. The van der Waals surface area contributed by atoms with Crippen molar-refractivity contribution in [1.82, 2.24) is 0 Å². The lowest BCUT2D eigenvalue weighted by Crippen LogP contribution is -2.26. The highest BCUT2D eigenvalue weighted by atomic mass is 16.5. The lowest BCUT2D eigenvalue weighted by Gasteiger charge is -2.22. The zero-order valence-electron chi connectivity index (χ0n) is 20.3. The van der Waals surface area contributed by atoms with Crippen LogP contribution in [0.3, 0.4) is 0 Å². The van der Waals surface area contributed by atoms with E-state index in [-0.39, 0.29) is 18.6 Å². The molecule has 0 aliphatic rings. The fourth-order valence-electron chi connectivity index (χ4n) is 4.02. The molecule has 4 heteroatoms. The molecular formula is C32H29NO3. The van der Waals surface area contributed by atoms with Crippen molar-refractivity contribution >= 4 is 17.5 Å². The maximum atomic E-state index is 13.7. The van der Waals surface area contributed by atoms with Crippen molar-refractivity contribution in [3.63, 3.8) is 0 Å². The molecule has 0 amide bonds. The molecule has 0 N–H and O–H groups in total. The van der Waals surface area contributed by atoms with Gasteiger partial charge < -0.3 is 9.53 Å². The fourth-order valence-corrected chi connectivity index (χ4v) is 4.02. The van der Waals surface area contributed by atoms with E-state index in [9.17, 15) is 9.59 Å². The number of hydrogen-bond acceptors (Lipinski definition) is 4. The Morgan fingerprint density at radius 2 is 1.08 bits per heavy atom. The molecule has 4 aromatic carbocycles. The number of hydrogen-bond donors (Lipinski definition) is 0. The summed E-state index contributed by atoms with van der Waals surface area (Å²) in [6, 6.07) is 38.0. The van der Waals surface area contributed by atoms with Crippen molar-refractivity contribution in [2.24, 2.45) is 4.99 Å². The molecule has 4 aromatic rings. The van der Waals surface area contributed by atoms with E-state index in [1.165, 1.54) is 6.92 Å². The molecule has 0 aliphatic carbocycles. The van der Waals surface area contributed by atoms with Gasteiger partial charge in [-0.2, -0.15) is 0 Å². The number of carbonyl (C=O) groups excluding carboxylic acids is 2. The zero-order valence-corrected chi connectivity index (χ0v) is 20.3. The van der Waals surface area contributed by atoms with Crippen LogP contribution in [0.2, 0.25) is 0 Å². The molecule has 0 radical (unpaired) electrons. The largest absolute Gasteiger partial charge is 0.451 e. The van der Waals surface area contributed by atoms with Crippen LogP contribution in [0.15, 0.2) is 126 Å². The van der Waals surface area contributed by atoms with Crippen LogP contribution in [-0.2, 0) is 14.3 Å². The Balaban J connectivity index is 1.72. The molecule has 4 nitrogen and oxygen atoms in total. The van der Waals surface area contributed by atoms with Crippen LogP contribution in [0.4, 0.5) is 0 Å². The van der Waals surface area contributed by atoms with Crippen LogP contribution in [0.25, 0.3) is 0 Å². The van der Waals surface area contributed by atoms with Crippen LogP contribution in [0.1, 0.15) is 48.1 Å². The van der Waals surface area contributed by atoms with E-state index in [0.29, 0.717) is 5.71 Å². The van der Waals surface area contributed by atoms with Gasteiger partial charge in [0.2, 0.25) is 0 Å². The second-order valence-electron chi connectivity index (χ2n) is 8.60. The topological polar surface area (TPSA) is 55.7 Å². The minimum atomic E-state index is -0.834. The third kappa shape index (κ3) is 6.63. The van der Waals surface area contributed by atoms with Gasteiger partial charge in [-0.25, -0.2) is 4.79 Å². The van der Waals surface area contributed by atoms with Crippen LogP contribution in [0, 0.1) is 0 Å². The number of esters is 1. The van der Waals surface area contributed by atoms with Crippen LogP contribution in [-0.4, -0.2) is 23.5 Å². The Kier molecular flexibility index (Phi) is 8.55. The molecular weight excluding hydrogens is 446 g/mol. The van der Waals surface area contributed by atoms with Gasteiger partial charge in [0.15, 0.2) is 6.10 Å². The third-order valence-electron chi connectivity index (χ3n) is 5.86. The molecule has 0 unspecified atom stereocenters. The summed E-state index contributed by atoms with van der Waals surface area (Å²) in [6.45, 7) is 1.53. The average molecular weight is 476 g/mol. The van der Waals surface area contributed by atoms with Crippen molar-refractivity contribution in [2.75, 3.05) is 0 Å². The maximum absolute atomic E-state index is 13.7. The molecule has 0 saturated heterocycles. The molecule has 0 saturated carbocycles. The number of rotatable bonds is 10. The molecule has 0 bridgehead atoms. The lowest BCUT2D eigenvalue weighted by molar-refractivity contribution is -0.149. The molecule has 4 rings (SSSR count). The number of Topliss-reactive ketones (excluding diaryl/α,β-unsaturated/α-hetero) is 1. The summed E-state index contributed by atoms with van der Waals surface area (Å²) in [5.74, 6) is -0.454. The summed E-state index contributed by atoms with van der Waals surface area (Å²) in [4.78, 5) is 30.5. The summed E-state index contributed by atoms with van der Waals surface area (Å²) < 4.78 is 6.13. The Hall–Kier alpha value is -4.31. The second-order valence-corrected chi connectivity index (χ2v) is 8.60. The van der Waals surface area contributed by atoms with E-state index in [0.717, 1.165) is 22.3 Å². The molecule has 0 heterocycles. The van der Waals surface area contributed by atoms with E-state index < -0.39 is 18.1 Å². The lowest BCUT2D eigenvalue weighted by atomic mass is 10.0. The van der Waals surface area contributed by atoms with Gasteiger partial charge >= 0.3 is 5.97 Å². The molecule has 0 aromatic heterocycles. The Bertz CT molecular complexity index is 1210. The highest BCUT2D eigenvalue weighted by molar-refractivity contribution is 6.13. The number of ether oxygens (including phenoxy) is 1. The maximum Gasteiger partial charge on any atom is 0.331 e. The summed E-state index contributed by atoms with van der Waals surface area (Å²) in [6.07, 6.45) is -0.0680. The standard InChI is InChI=1S/C32H29NO3/c1-24(34)22-23-29(33-30(25-14-6-2-7-15-25)26-16-8-3-9-17-26)32(35)36-31(27-18-10-4-11-19-27)28-20-12-5-13-21-28/h2-21,29,31H,22-23H2,1H3/t29-/m0/s1. The molecule has 0 fully saturated rings. The van der Waals surface area contributed by atoms with Crippen molar-refractivity contribution < 1.29 is 14.3 Å². The first-order chi connectivity index (χ1) is 17.6. The van der Waals surface area contributed by atoms with Gasteiger partial charge in [0.05, 0.1) is 5.71 Å². The van der Waals surface area contributed by atoms with Crippen LogP contribution in [0.5, 0.6) is 0 Å². The van der Waals surface area contributed by atoms with E-state index in [1.54, 1.807) is 0 Å². The van der Waals surface area contributed by atoms with Gasteiger partial charge in [-0.1, -0.05) is 121 Å². The summed E-state index contributed by atoms with van der Waals surface area (Å²) >= 11 is 0. The summed E-state index contributed by atoms with van der Waals surface area (Å²) in [5, 5.41) is 0. The van der Waals surface area contributed by atoms with E-state index in [4.69, 9.17) is 9.73 Å². The molecule has 1 atom stereocenters. The van der Waals surface area contributed by atoms with Gasteiger partial charge in [-0.05, 0) is 24.5 Å². The van der Waals surface area contributed by atoms with E-state index in [1.807, 2.05) is 121 Å². The van der Waals surface area contributed by atoms with Crippen molar-refractivity contribution in [3.8, 4) is 0 Å². The van der Waals surface area contributed by atoms with Gasteiger partial charge in [0.25, 0.3) is 0 Å². The first-order valence-electron chi connectivity index (χ1n) is 12.1. The van der Waals surface area contributed by atoms with Crippen molar-refractivity contribution in [1.29, 1.82) is 0 Å². The number of nitrogens with zero attached hydrogens (tertiary/aromatic N) is 1. The number of benzene rings is 4. The minimum Gasteiger partial charge on any atom is -0.451 e. The quantitative estimate of drug-likeness (QED) is 0.192. The first-order valence-corrected chi connectivity index (χ1v) is 12.1. The minimum absolute atomic E-state index is 0.00615. The summed E-state index contributed by atoms with van der Waals surface area (Å²) in [5.41, 5.74) is 4.23. The van der Waals surface area contributed by atoms with Gasteiger partial charge in [-0.15, -0.1) is 0 Å². The molecule has 36 heavy (non-hydrogen) atoms. The number of ketones is 1. The molecule has 180 valence electrons. The van der Waals surface area contributed by atoms with Crippen molar-refractivity contribution in [3.05, 3.63) is 144 Å². The smallest absolute Gasteiger partial charge is 0.331 e. The van der Waals surface area contributed by atoms with Crippen LogP contribution >= 0.6 is 0 Å². The summed E-state index contributed by atoms with van der Waals surface area (Å²) in [7, 11) is 0. The zero-order chi connectivity index (χ0) is 25.2. The highest BCUT2D eigenvalue weighted by Crippen LogP contribution is 2.27. The normalized spacial score (nSPS) is 11.5. The van der Waals surface area contributed by atoms with E-state index >= 15 is 0 Å². The third-order valence-corrected chi connectivity index (χ3v) is 5.86. The molecule has 0 aliphatic heterocycles. The second kappa shape index (κ2) is 12.4. The number of aliphatic imine (C=N–C) groups is 1. The Labute approximate surface area is 212 Å². The fraction of sp³-hybridized carbons (Fsp3) is 0.156. The molecule has 0 spiro atoms.